The van der Waals surface area contributed by atoms with Crippen LogP contribution in [0.2, 0.25) is 0 Å². The first-order chi connectivity index (χ1) is 17.6. The zero-order chi connectivity index (χ0) is 25.2. The number of nitrogens with one attached hydrogen (secondary N) is 2. The highest BCUT2D eigenvalue weighted by atomic mass is 19.1. The van der Waals surface area contributed by atoms with E-state index in [-0.39, 0.29) is 12.3 Å². The van der Waals surface area contributed by atoms with Gasteiger partial charge in [0.2, 0.25) is 0 Å². The van der Waals surface area contributed by atoms with Crippen LogP contribution >= 0.6 is 0 Å². The van der Waals surface area contributed by atoms with Crippen LogP contribution in [-0.2, 0) is 11.3 Å². The summed E-state index contributed by atoms with van der Waals surface area (Å²) >= 11 is 0. The minimum Gasteiger partial charge on any atom is -0.490 e. The Hall–Kier alpha value is -4.52. The van der Waals surface area contributed by atoms with Gasteiger partial charge in [0.1, 0.15) is 17.3 Å². The number of carbonyl (C=O) groups is 1. The number of para-hydroxylation sites is 2. The third-order valence-electron chi connectivity index (χ3n) is 5.14. The molecule has 0 aliphatic carbocycles. The van der Waals surface area contributed by atoms with E-state index in [0.29, 0.717) is 24.7 Å². The predicted octanol–water partition coefficient (Wildman–Crippen LogP) is 6.65. The Morgan fingerprint density at radius 3 is 2.28 bits per heavy atom. The van der Waals surface area contributed by atoms with Crippen LogP contribution < -0.4 is 24.8 Å². The maximum absolute atomic E-state index is 13.7. The molecule has 0 aromatic heterocycles. The minimum atomic E-state index is -0.504. The van der Waals surface area contributed by atoms with Gasteiger partial charge in [-0.15, -0.1) is 0 Å². The van der Waals surface area contributed by atoms with Gasteiger partial charge in [0.15, 0.2) is 18.1 Å². The molecule has 1 amide bonds. The SMILES string of the molecule is CCOc1cc(CNc2ccc(Oc3ccccc3)cc2)ccc1OCC(=O)Nc1ccccc1F. The Bertz CT molecular complexity index is 1280. The van der Waals surface area contributed by atoms with Gasteiger partial charge in [0.25, 0.3) is 5.91 Å². The number of hydrogen-bond donors (Lipinski definition) is 2. The van der Waals surface area contributed by atoms with Crippen molar-refractivity contribution in [3.8, 4) is 23.0 Å². The fourth-order valence-corrected chi connectivity index (χ4v) is 3.41. The van der Waals surface area contributed by atoms with Crippen LogP contribution in [0.1, 0.15) is 12.5 Å². The van der Waals surface area contributed by atoms with E-state index in [1.54, 1.807) is 18.2 Å². The molecule has 4 rings (SSSR count). The predicted molar refractivity (Wildman–Crippen MR) is 138 cm³/mol. The molecular formula is C29H27FN2O4. The Morgan fingerprint density at radius 1 is 0.806 bits per heavy atom. The highest BCUT2D eigenvalue weighted by molar-refractivity contribution is 5.92. The second-order valence-corrected chi connectivity index (χ2v) is 7.82. The molecule has 4 aromatic rings. The van der Waals surface area contributed by atoms with E-state index < -0.39 is 11.7 Å². The quantitative estimate of drug-likeness (QED) is 0.249. The van der Waals surface area contributed by atoms with Gasteiger partial charge in [-0.3, -0.25) is 4.79 Å². The molecule has 0 aliphatic heterocycles. The number of carbonyl (C=O) groups excluding carboxylic acids is 1. The molecule has 0 aliphatic rings. The van der Waals surface area contributed by atoms with Crippen molar-refractivity contribution in [3.63, 3.8) is 0 Å². The number of hydrogen-bond acceptors (Lipinski definition) is 5. The molecule has 0 bridgehead atoms. The van der Waals surface area contributed by atoms with Gasteiger partial charge in [-0.05, 0) is 73.2 Å². The number of anilines is 2. The summed E-state index contributed by atoms with van der Waals surface area (Å²) in [6, 6.07) is 28.8. The van der Waals surface area contributed by atoms with Gasteiger partial charge in [0.05, 0.1) is 12.3 Å². The number of ether oxygens (including phenoxy) is 3. The highest BCUT2D eigenvalue weighted by Gasteiger charge is 2.11. The zero-order valence-electron chi connectivity index (χ0n) is 19.9. The average Bonchev–Trinajstić information content (AvgIpc) is 2.90. The third-order valence-corrected chi connectivity index (χ3v) is 5.14. The molecular weight excluding hydrogens is 459 g/mol. The Labute approximate surface area is 209 Å². The summed E-state index contributed by atoms with van der Waals surface area (Å²) in [4.78, 5) is 12.2. The smallest absolute Gasteiger partial charge is 0.262 e. The summed E-state index contributed by atoms with van der Waals surface area (Å²) in [7, 11) is 0. The number of rotatable bonds is 11. The van der Waals surface area contributed by atoms with Gasteiger partial charge in [-0.2, -0.15) is 0 Å². The highest BCUT2D eigenvalue weighted by Crippen LogP contribution is 2.29. The fraction of sp³-hybridized carbons (Fsp3) is 0.138. The number of halogens is 1. The second-order valence-electron chi connectivity index (χ2n) is 7.82. The van der Waals surface area contributed by atoms with Gasteiger partial charge >= 0.3 is 0 Å². The minimum absolute atomic E-state index is 0.109. The fourth-order valence-electron chi connectivity index (χ4n) is 3.41. The van der Waals surface area contributed by atoms with Gasteiger partial charge in [-0.1, -0.05) is 36.4 Å². The lowest BCUT2D eigenvalue weighted by atomic mass is 10.2. The Kier molecular flexibility index (Phi) is 8.38. The molecule has 0 saturated carbocycles. The van der Waals surface area contributed by atoms with Crippen molar-refractivity contribution in [1.82, 2.24) is 0 Å². The largest absolute Gasteiger partial charge is 0.490 e. The molecule has 36 heavy (non-hydrogen) atoms. The maximum Gasteiger partial charge on any atom is 0.262 e. The summed E-state index contributed by atoms with van der Waals surface area (Å²) in [5, 5.41) is 5.87. The lowest BCUT2D eigenvalue weighted by Gasteiger charge is -2.14. The van der Waals surface area contributed by atoms with E-state index in [1.165, 1.54) is 12.1 Å². The van der Waals surface area contributed by atoms with Crippen LogP contribution in [0.25, 0.3) is 0 Å². The molecule has 4 aromatic carbocycles. The summed E-state index contributed by atoms with van der Waals surface area (Å²) in [5.74, 6) is 1.54. The van der Waals surface area contributed by atoms with Crippen LogP contribution in [0.4, 0.5) is 15.8 Å². The molecule has 0 heterocycles. The third kappa shape index (κ3) is 6.99. The lowest BCUT2D eigenvalue weighted by Crippen LogP contribution is -2.21. The Morgan fingerprint density at radius 2 is 1.53 bits per heavy atom. The first-order valence-corrected chi connectivity index (χ1v) is 11.6. The first-order valence-electron chi connectivity index (χ1n) is 11.6. The van der Waals surface area contributed by atoms with Crippen molar-refractivity contribution < 1.29 is 23.4 Å². The topological polar surface area (TPSA) is 68.8 Å². The van der Waals surface area contributed by atoms with Crippen LogP contribution in [0.15, 0.2) is 97.1 Å². The zero-order valence-corrected chi connectivity index (χ0v) is 19.9. The molecule has 6 nitrogen and oxygen atoms in total. The summed E-state index contributed by atoms with van der Waals surface area (Å²) in [5.41, 5.74) is 2.03. The van der Waals surface area contributed by atoms with Crippen molar-refractivity contribution in [3.05, 3.63) is 108 Å². The standard InChI is InChI=1S/C29H27FN2O4/c1-2-34-28-18-21(12-17-27(28)35-20-29(33)32-26-11-7-6-10-25(26)30)19-31-22-13-15-24(16-14-22)36-23-8-4-3-5-9-23/h3-18,31H,2,19-20H2,1H3,(H,32,33). The summed E-state index contributed by atoms with van der Waals surface area (Å²) < 4.78 is 30.9. The molecule has 7 heteroatoms. The van der Waals surface area contributed by atoms with Crippen molar-refractivity contribution in [2.24, 2.45) is 0 Å². The monoisotopic (exact) mass is 486 g/mol. The van der Waals surface area contributed by atoms with Crippen molar-refractivity contribution in [2.45, 2.75) is 13.5 Å². The van der Waals surface area contributed by atoms with Gasteiger partial charge in [0, 0.05) is 12.2 Å². The molecule has 0 spiro atoms. The molecule has 2 N–H and O–H groups in total. The number of benzene rings is 4. The molecule has 0 fully saturated rings. The van der Waals surface area contributed by atoms with Crippen molar-refractivity contribution in [2.75, 3.05) is 23.8 Å². The molecule has 184 valence electrons. The van der Waals surface area contributed by atoms with Gasteiger partial charge < -0.3 is 24.8 Å². The van der Waals surface area contributed by atoms with Crippen molar-refractivity contribution in [1.29, 1.82) is 0 Å². The van der Waals surface area contributed by atoms with E-state index in [0.717, 1.165) is 22.7 Å². The summed E-state index contributed by atoms with van der Waals surface area (Å²) in [6.45, 7) is 2.60. The first kappa shape index (κ1) is 24.6. The number of amides is 1. The summed E-state index contributed by atoms with van der Waals surface area (Å²) in [6.07, 6.45) is 0. The molecule has 0 radical (unpaired) electrons. The van der Waals surface area contributed by atoms with Crippen LogP contribution in [0, 0.1) is 5.82 Å². The second kappa shape index (κ2) is 12.3. The van der Waals surface area contributed by atoms with Crippen LogP contribution in [0.3, 0.4) is 0 Å². The van der Waals surface area contributed by atoms with Crippen LogP contribution in [0.5, 0.6) is 23.0 Å². The molecule has 0 unspecified atom stereocenters. The Balaban J connectivity index is 1.32. The lowest BCUT2D eigenvalue weighted by molar-refractivity contribution is -0.118. The van der Waals surface area contributed by atoms with E-state index in [1.807, 2.05) is 73.7 Å². The van der Waals surface area contributed by atoms with E-state index >= 15 is 0 Å². The average molecular weight is 487 g/mol. The van der Waals surface area contributed by atoms with E-state index in [9.17, 15) is 9.18 Å². The maximum atomic E-state index is 13.7. The normalized spacial score (nSPS) is 10.4. The van der Waals surface area contributed by atoms with Crippen LogP contribution in [-0.4, -0.2) is 19.1 Å². The van der Waals surface area contributed by atoms with E-state index in [2.05, 4.69) is 10.6 Å². The molecule has 0 saturated heterocycles. The van der Waals surface area contributed by atoms with Gasteiger partial charge in [-0.25, -0.2) is 4.39 Å². The van der Waals surface area contributed by atoms with E-state index in [4.69, 9.17) is 14.2 Å². The molecule has 0 atom stereocenters. The van der Waals surface area contributed by atoms with Crippen molar-refractivity contribution >= 4 is 17.3 Å².